The van der Waals surface area contributed by atoms with Gasteiger partial charge in [0.2, 0.25) is 0 Å². The topological polar surface area (TPSA) is 22.5 Å². The number of piperidine rings is 1. The molecule has 3 nitrogen and oxygen atoms in total. The molecule has 0 radical (unpaired) electrons. The molecule has 1 saturated heterocycles. The Balaban J connectivity index is 1.95. The Morgan fingerprint density at radius 3 is 3.10 bits per heavy atom. The minimum atomic E-state index is 0.551. The first-order chi connectivity index (χ1) is 9.69. The van der Waals surface area contributed by atoms with Gasteiger partial charge in [-0.1, -0.05) is 18.5 Å². The van der Waals surface area contributed by atoms with E-state index in [2.05, 4.69) is 11.5 Å². The lowest BCUT2D eigenvalue weighted by atomic mass is 10.0. The van der Waals surface area contributed by atoms with Crippen molar-refractivity contribution in [1.29, 1.82) is 0 Å². The average Bonchev–Trinajstić information content (AvgIpc) is 2.76. The van der Waals surface area contributed by atoms with Crippen molar-refractivity contribution in [3.63, 3.8) is 0 Å². The summed E-state index contributed by atoms with van der Waals surface area (Å²) in [5.74, 6) is 0. The van der Waals surface area contributed by atoms with Crippen LogP contribution in [0.25, 0.3) is 11.1 Å². The van der Waals surface area contributed by atoms with Gasteiger partial charge in [-0.15, -0.1) is 0 Å². The number of oxazole rings is 1. The van der Waals surface area contributed by atoms with Crippen LogP contribution in [0.1, 0.15) is 32.6 Å². The molecule has 1 unspecified atom stereocenters. The SMILES string of the molecule is CC[C@@H]1CCCC[NH+]1Cn1c(=S)oc2ccc(Cl)cc21. The van der Waals surface area contributed by atoms with E-state index in [0.717, 1.165) is 28.8 Å². The van der Waals surface area contributed by atoms with Gasteiger partial charge in [-0.3, -0.25) is 4.57 Å². The molecule has 0 saturated carbocycles. The number of fused-ring (bicyclic) bond motifs is 1. The quantitative estimate of drug-likeness (QED) is 0.878. The Morgan fingerprint density at radius 1 is 1.45 bits per heavy atom. The summed E-state index contributed by atoms with van der Waals surface area (Å²) < 4.78 is 7.77. The number of nitrogens with zero attached hydrogens (tertiary/aromatic N) is 1. The lowest BCUT2D eigenvalue weighted by Crippen LogP contribution is -3.15. The van der Waals surface area contributed by atoms with E-state index < -0.39 is 0 Å². The van der Waals surface area contributed by atoms with Crippen LogP contribution < -0.4 is 4.90 Å². The third-order valence-corrected chi connectivity index (χ3v) is 4.90. The smallest absolute Gasteiger partial charge is 0.274 e. The summed E-state index contributed by atoms with van der Waals surface area (Å²) in [6.07, 6.45) is 5.19. The van der Waals surface area contributed by atoms with E-state index in [4.69, 9.17) is 28.2 Å². The summed E-state index contributed by atoms with van der Waals surface area (Å²) in [4.78, 5) is 2.16. The lowest BCUT2D eigenvalue weighted by Gasteiger charge is -2.32. The van der Waals surface area contributed by atoms with Gasteiger partial charge in [0.1, 0.15) is 0 Å². The number of halogens is 1. The zero-order valence-electron chi connectivity index (χ0n) is 11.7. The number of hydrogen-bond acceptors (Lipinski definition) is 2. The Kier molecular flexibility index (Phi) is 4.15. The fourth-order valence-electron chi connectivity index (χ4n) is 3.24. The first kappa shape index (κ1) is 14.1. The molecule has 2 atom stereocenters. The Bertz CT molecular complexity index is 663. The predicted octanol–water partition coefficient (Wildman–Crippen LogP) is 3.42. The zero-order chi connectivity index (χ0) is 14.1. The van der Waals surface area contributed by atoms with Crippen LogP contribution in [-0.4, -0.2) is 17.2 Å². The third-order valence-electron chi connectivity index (χ3n) is 4.36. The van der Waals surface area contributed by atoms with Crippen molar-refractivity contribution in [2.45, 2.75) is 45.3 Å². The van der Waals surface area contributed by atoms with E-state index in [1.807, 2.05) is 18.2 Å². The Hall–Kier alpha value is -0.840. The minimum Gasteiger partial charge on any atom is -0.429 e. The van der Waals surface area contributed by atoms with Crippen LogP contribution in [0.2, 0.25) is 5.02 Å². The molecule has 0 amide bonds. The van der Waals surface area contributed by atoms with Gasteiger partial charge in [0.05, 0.1) is 18.1 Å². The van der Waals surface area contributed by atoms with Gasteiger partial charge in [-0.05, 0) is 56.1 Å². The van der Waals surface area contributed by atoms with E-state index >= 15 is 0 Å². The van der Waals surface area contributed by atoms with E-state index in [0.29, 0.717) is 4.84 Å². The molecule has 1 aromatic heterocycles. The molecule has 0 spiro atoms. The molecule has 1 N–H and O–H groups in total. The standard InChI is InChI=1S/C15H19ClN2OS/c1-2-12-5-3-4-8-17(12)10-18-13-9-11(16)6-7-14(13)19-15(18)20/h6-7,9,12H,2-5,8,10H2,1H3/p+1/t12-/m1/s1. The fraction of sp³-hybridized carbons (Fsp3) is 0.533. The molecular weight excluding hydrogens is 292 g/mol. The first-order valence-corrected chi connectivity index (χ1v) is 8.11. The number of likely N-dealkylation sites (tertiary alicyclic amines) is 1. The lowest BCUT2D eigenvalue weighted by molar-refractivity contribution is -0.952. The second-order valence-corrected chi connectivity index (χ2v) is 6.36. The zero-order valence-corrected chi connectivity index (χ0v) is 13.3. The molecule has 20 heavy (non-hydrogen) atoms. The molecule has 1 aliphatic heterocycles. The van der Waals surface area contributed by atoms with Crippen LogP contribution >= 0.6 is 23.8 Å². The van der Waals surface area contributed by atoms with Crippen molar-refractivity contribution in [3.8, 4) is 0 Å². The third kappa shape index (κ3) is 2.65. The second-order valence-electron chi connectivity index (χ2n) is 5.58. The highest BCUT2D eigenvalue weighted by Crippen LogP contribution is 2.21. The molecule has 108 valence electrons. The summed E-state index contributed by atoms with van der Waals surface area (Å²) in [6.45, 7) is 4.37. The number of nitrogens with one attached hydrogen (secondary N) is 1. The molecule has 3 rings (SSSR count). The van der Waals surface area contributed by atoms with Gasteiger partial charge in [0.15, 0.2) is 12.3 Å². The van der Waals surface area contributed by atoms with Crippen molar-refractivity contribution in [3.05, 3.63) is 28.1 Å². The van der Waals surface area contributed by atoms with Crippen molar-refractivity contribution in [2.75, 3.05) is 6.54 Å². The summed E-state index contributed by atoms with van der Waals surface area (Å²) in [7, 11) is 0. The van der Waals surface area contributed by atoms with Gasteiger partial charge >= 0.3 is 0 Å². The molecule has 1 fully saturated rings. The maximum absolute atomic E-state index is 6.10. The second kappa shape index (κ2) is 5.88. The van der Waals surface area contributed by atoms with E-state index in [1.165, 1.54) is 32.2 Å². The van der Waals surface area contributed by atoms with Crippen molar-refractivity contribution < 1.29 is 9.32 Å². The van der Waals surface area contributed by atoms with Gasteiger partial charge in [0, 0.05) is 5.02 Å². The van der Waals surface area contributed by atoms with Crippen LogP contribution in [0.4, 0.5) is 0 Å². The van der Waals surface area contributed by atoms with Crippen LogP contribution in [0.3, 0.4) is 0 Å². The molecule has 0 aliphatic carbocycles. The fourth-order valence-corrected chi connectivity index (χ4v) is 3.66. The molecular formula is C15H20ClN2OS+. The van der Waals surface area contributed by atoms with Gasteiger partial charge < -0.3 is 9.32 Å². The van der Waals surface area contributed by atoms with Gasteiger partial charge in [0.25, 0.3) is 4.84 Å². The molecule has 5 heteroatoms. The number of rotatable bonds is 3. The summed E-state index contributed by atoms with van der Waals surface area (Å²) in [5, 5.41) is 0.725. The maximum atomic E-state index is 6.10. The van der Waals surface area contributed by atoms with E-state index in [-0.39, 0.29) is 0 Å². The largest absolute Gasteiger partial charge is 0.429 e. The highest BCUT2D eigenvalue weighted by molar-refractivity contribution is 7.71. The summed E-state index contributed by atoms with van der Waals surface area (Å²) in [6, 6.07) is 6.41. The monoisotopic (exact) mass is 311 g/mol. The molecule has 2 aromatic rings. The Morgan fingerprint density at radius 2 is 2.30 bits per heavy atom. The van der Waals surface area contributed by atoms with E-state index in [9.17, 15) is 0 Å². The maximum Gasteiger partial charge on any atom is 0.274 e. The van der Waals surface area contributed by atoms with E-state index in [1.54, 1.807) is 4.90 Å². The predicted molar refractivity (Wildman–Crippen MR) is 83.8 cm³/mol. The van der Waals surface area contributed by atoms with Crippen LogP contribution in [0.5, 0.6) is 0 Å². The highest BCUT2D eigenvalue weighted by Gasteiger charge is 2.25. The van der Waals surface area contributed by atoms with Crippen molar-refractivity contribution >= 4 is 34.9 Å². The molecule has 0 bridgehead atoms. The number of quaternary nitrogens is 1. The van der Waals surface area contributed by atoms with Crippen LogP contribution in [0, 0.1) is 4.84 Å². The number of hydrogen-bond donors (Lipinski definition) is 1. The van der Waals surface area contributed by atoms with Gasteiger partial charge in [-0.25, -0.2) is 0 Å². The van der Waals surface area contributed by atoms with Crippen molar-refractivity contribution in [1.82, 2.24) is 4.57 Å². The van der Waals surface area contributed by atoms with Crippen molar-refractivity contribution in [2.24, 2.45) is 0 Å². The normalized spacial score (nSPS) is 23.3. The number of aromatic nitrogens is 1. The molecule has 1 aliphatic rings. The summed E-state index contributed by atoms with van der Waals surface area (Å²) in [5.41, 5.74) is 1.83. The number of benzene rings is 1. The average molecular weight is 312 g/mol. The molecule has 2 heterocycles. The van der Waals surface area contributed by atoms with Gasteiger partial charge in [-0.2, -0.15) is 0 Å². The summed E-state index contributed by atoms with van der Waals surface area (Å²) >= 11 is 11.5. The van der Waals surface area contributed by atoms with Crippen LogP contribution in [0.15, 0.2) is 22.6 Å². The minimum absolute atomic E-state index is 0.551. The Labute approximate surface area is 129 Å². The highest BCUT2D eigenvalue weighted by atomic mass is 35.5. The molecule has 1 aromatic carbocycles. The van der Waals surface area contributed by atoms with Crippen LogP contribution in [-0.2, 0) is 6.67 Å². The first-order valence-electron chi connectivity index (χ1n) is 7.32.